The van der Waals surface area contributed by atoms with Gasteiger partial charge in [-0.2, -0.15) is 0 Å². The topological polar surface area (TPSA) is 129 Å². The van der Waals surface area contributed by atoms with E-state index < -0.39 is 11.4 Å². The molecule has 1 saturated heterocycles. The summed E-state index contributed by atoms with van der Waals surface area (Å²) in [6.07, 6.45) is -0.336. The molecule has 0 radical (unpaired) electrons. The van der Waals surface area contributed by atoms with Crippen molar-refractivity contribution in [2.75, 3.05) is 19.7 Å². The maximum Gasteiger partial charge on any atom is 0.410 e. The lowest BCUT2D eigenvalue weighted by Gasteiger charge is -2.26. The predicted octanol–water partition coefficient (Wildman–Crippen LogP) is 3.85. The molecule has 2 atom stereocenters. The molecular weight excluding hydrogens is 505 g/mol. The second-order valence-corrected chi connectivity index (χ2v) is 11.0. The van der Waals surface area contributed by atoms with Gasteiger partial charge in [0.1, 0.15) is 22.8 Å². The standard InChI is InChI=1S/C28H28FN5O5/c1-28(2,3)39-27(37)34-11-17-18(12-34)23(17)32-21(35)13-38-33-24-15-6-4-5-7-19(15)30-25(24)22-16-10-14(29)8-9-20(16)31-26(22)36/h4-10,17-18,23,31,36H,11-13H2,1-3H3,(H,32,35)/b33-24+. The van der Waals surface area contributed by atoms with Crippen molar-refractivity contribution in [1.82, 2.24) is 15.2 Å². The third-order valence-electron chi connectivity index (χ3n) is 7.12. The number of oxime groups is 1. The molecule has 1 aliphatic carbocycles. The van der Waals surface area contributed by atoms with Crippen LogP contribution in [0.15, 0.2) is 52.6 Å². The van der Waals surface area contributed by atoms with Crippen LogP contribution in [0.3, 0.4) is 0 Å². The van der Waals surface area contributed by atoms with Gasteiger partial charge in [0.15, 0.2) is 12.5 Å². The zero-order valence-electron chi connectivity index (χ0n) is 21.7. The minimum Gasteiger partial charge on any atom is -0.494 e. The van der Waals surface area contributed by atoms with E-state index in [0.717, 1.165) is 0 Å². The molecule has 3 aromatic rings. The predicted molar refractivity (Wildman–Crippen MR) is 142 cm³/mol. The van der Waals surface area contributed by atoms with Crippen LogP contribution in [0, 0.1) is 17.7 Å². The van der Waals surface area contributed by atoms with Crippen LogP contribution in [0.4, 0.5) is 14.9 Å². The zero-order valence-corrected chi connectivity index (χ0v) is 21.7. The first-order valence-electron chi connectivity index (χ1n) is 12.8. The summed E-state index contributed by atoms with van der Waals surface area (Å²) in [6, 6.07) is 11.4. The molecule has 1 saturated carbocycles. The number of aromatic amines is 1. The molecule has 2 unspecified atom stereocenters. The van der Waals surface area contributed by atoms with Gasteiger partial charge < -0.3 is 29.9 Å². The van der Waals surface area contributed by atoms with Crippen LogP contribution in [0.25, 0.3) is 10.9 Å². The van der Waals surface area contributed by atoms with E-state index in [2.05, 4.69) is 20.4 Å². The summed E-state index contributed by atoms with van der Waals surface area (Å²) in [5.74, 6) is -0.570. The summed E-state index contributed by atoms with van der Waals surface area (Å²) in [6.45, 7) is 6.25. The number of nitrogens with one attached hydrogen (secondary N) is 2. The lowest BCUT2D eigenvalue weighted by Crippen LogP contribution is -2.40. The second kappa shape index (κ2) is 9.11. The van der Waals surface area contributed by atoms with Crippen LogP contribution in [0.5, 0.6) is 5.88 Å². The van der Waals surface area contributed by atoms with Crippen LogP contribution >= 0.6 is 0 Å². The molecule has 3 heterocycles. The highest BCUT2D eigenvalue weighted by molar-refractivity contribution is 6.58. The first-order chi connectivity index (χ1) is 18.6. The lowest BCUT2D eigenvalue weighted by molar-refractivity contribution is -0.126. The number of fused-ring (bicyclic) bond motifs is 3. The first-order valence-corrected chi connectivity index (χ1v) is 12.8. The number of ether oxygens (including phenoxy) is 1. The Morgan fingerprint density at radius 3 is 2.69 bits per heavy atom. The molecule has 10 nitrogen and oxygen atoms in total. The number of hydrogen-bond donors (Lipinski definition) is 3. The highest BCUT2D eigenvalue weighted by Gasteiger charge is 2.58. The van der Waals surface area contributed by atoms with Crippen molar-refractivity contribution < 1.29 is 28.7 Å². The zero-order chi connectivity index (χ0) is 27.5. The van der Waals surface area contributed by atoms with Crippen LogP contribution in [-0.2, 0) is 14.4 Å². The molecule has 3 N–H and O–H groups in total. The number of aliphatic imine (C=N–C) groups is 1. The van der Waals surface area contributed by atoms with E-state index in [1.807, 2.05) is 39.0 Å². The van der Waals surface area contributed by atoms with Crippen molar-refractivity contribution in [1.29, 1.82) is 0 Å². The van der Waals surface area contributed by atoms with Crippen LogP contribution in [0.2, 0.25) is 0 Å². The third-order valence-corrected chi connectivity index (χ3v) is 7.12. The Kier molecular flexibility index (Phi) is 5.81. The Balaban J connectivity index is 1.12. The van der Waals surface area contributed by atoms with E-state index in [1.165, 1.54) is 18.2 Å². The molecule has 2 aliphatic heterocycles. The third kappa shape index (κ3) is 4.68. The van der Waals surface area contributed by atoms with Gasteiger partial charge in [-0.1, -0.05) is 23.4 Å². The van der Waals surface area contributed by atoms with E-state index in [0.29, 0.717) is 52.2 Å². The van der Waals surface area contributed by atoms with Crippen LogP contribution in [0.1, 0.15) is 31.9 Å². The Bertz CT molecular complexity index is 1540. The number of piperidine rings is 1. The van der Waals surface area contributed by atoms with Crippen molar-refractivity contribution in [2.45, 2.75) is 32.4 Å². The number of hydrogen-bond acceptors (Lipinski definition) is 7. The lowest BCUT2D eigenvalue weighted by atomic mass is 10.0. The molecule has 2 amide bonds. The summed E-state index contributed by atoms with van der Waals surface area (Å²) < 4.78 is 19.4. The van der Waals surface area contributed by atoms with Crippen molar-refractivity contribution in [3.05, 3.63) is 59.4 Å². The number of H-pyrrole nitrogens is 1. The number of aromatic nitrogens is 1. The Hall–Kier alpha value is -4.41. The Morgan fingerprint density at radius 1 is 1.21 bits per heavy atom. The van der Waals surface area contributed by atoms with Crippen molar-refractivity contribution in [3.63, 3.8) is 0 Å². The van der Waals surface area contributed by atoms with Crippen molar-refractivity contribution in [2.24, 2.45) is 22.0 Å². The average molecular weight is 534 g/mol. The summed E-state index contributed by atoms with van der Waals surface area (Å²) >= 11 is 0. The number of aromatic hydroxyl groups is 1. The van der Waals surface area contributed by atoms with E-state index in [1.54, 1.807) is 11.0 Å². The molecule has 0 spiro atoms. The molecular formula is C28H28FN5O5. The van der Waals surface area contributed by atoms with Gasteiger partial charge in [-0.15, -0.1) is 0 Å². The molecule has 11 heteroatoms. The molecule has 6 rings (SSSR count). The second-order valence-electron chi connectivity index (χ2n) is 11.0. The molecule has 0 bridgehead atoms. The summed E-state index contributed by atoms with van der Waals surface area (Å²) in [4.78, 5) is 39.4. The van der Waals surface area contributed by atoms with E-state index in [-0.39, 0.29) is 42.4 Å². The molecule has 2 aromatic carbocycles. The number of likely N-dealkylation sites (tertiary alicyclic amines) is 1. The number of amides is 2. The van der Waals surface area contributed by atoms with Crippen LogP contribution in [-0.4, -0.2) is 69.8 Å². The number of halogens is 1. The van der Waals surface area contributed by atoms with Gasteiger partial charge >= 0.3 is 6.09 Å². The minimum absolute atomic E-state index is 0.0187. The highest BCUT2D eigenvalue weighted by atomic mass is 19.1. The summed E-state index contributed by atoms with van der Waals surface area (Å²) in [5, 5.41) is 18.3. The quantitative estimate of drug-likeness (QED) is 0.429. The SMILES string of the molecule is CC(C)(C)OC(=O)N1CC2C(C1)C2NC(=O)CO/N=C1/C(c2c(O)[nH]c3ccc(F)cc23)=Nc2ccccc21. The van der Waals surface area contributed by atoms with Gasteiger partial charge in [0.2, 0.25) is 0 Å². The summed E-state index contributed by atoms with van der Waals surface area (Å²) in [7, 11) is 0. The number of benzene rings is 2. The van der Waals surface area contributed by atoms with Crippen molar-refractivity contribution >= 4 is 40.0 Å². The van der Waals surface area contributed by atoms with Gasteiger partial charge in [-0.05, 0) is 45.0 Å². The fourth-order valence-electron chi connectivity index (χ4n) is 5.33. The fourth-order valence-corrected chi connectivity index (χ4v) is 5.33. The van der Waals surface area contributed by atoms with Gasteiger partial charge in [0.05, 0.1) is 11.3 Å². The fraction of sp³-hybridized carbons (Fsp3) is 0.357. The van der Waals surface area contributed by atoms with E-state index >= 15 is 0 Å². The number of carbonyl (C=O) groups excluding carboxylic acids is 2. The maximum atomic E-state index is 14.0. The van der Waals surface area contributed by atoms with Gasteiger partial charge in [-0.3, -0.25) is 4.79 Å². The minimum atomic E-state index is -0.552. The molecule has 1 aromatic heterocycles. The van der Waals surface area contributed by atoms with Crippen LogP contribution < -0.4 is 5.32 Å². The first kappa shape index (κ1) is 24.9. The van der Waals surface area contributed by atoms with Gasteiger partial charge in [0, 0.05) is 47.4 Å². The molecule has 39 heavy (non-hydrogen) atoms. The van der Waals surface area contributed by atoms with Gasteiger partial charge in [0.25, 0.3) is 5.91 Å². The van der Waals surface area contributed by atoms with Gasteiger partial charge in [-0.25, -0.2) is 14.2 Å². The monoisotopic (exact) mass is 533 g/mol. The molecule has 2 fully saturated rings. The number of nitrogens with zero attached hydrogens (tertiary/aromatic N) is 3. The Morgan fingerprint density at radius 2 is 1.95 bits per heavy atom. The van der Waals surface area contributed by atoms with Crippen molar-refractivity contribution in [3.8, 4) is 5.88 Å². The molecule has 3 aliphatic rings. The van der Waals surface area contributed by atoms with E-state index in [9.17, 15) is 19.1 Å². The summed E-state index contributed by atoms with van der Waals surface area (Å²) in [5.41, 5.74) is 2.21. The average Bonchev–Trinajstić information content (AvgIpc) is 3.22. The number of rotatable bonds is 5. The Labute approximate surface area is 223 Å². The number of para-hydroxylation sites is 1. The van der Waals surface area contributed by atoms with E-state index in [4.69, 9.17) is 9.57 Å². The largest absolute Gasteiger partial charge is 0.494 e. The number of carbonyl (C=O) groups is 2. The highest BCUT2D eigenvalue weighted by Crippen LogP contribution is 2.45. The maximum absolute atomic E-state index is 14.0. The smallest absolute Gasteiger partial charge is 0.410 e. The normalized spacial score (nSPS) is 22.5. The molecule has 202 valence electrons.